The summed E-state index contributed by atoms with van der Waals surface area (Å²) in [5, 5.41) is 0.434. The quantitative estimate of drug-likeness (QED) is 0.554. The summed E-state index contributed by atoms with van der Waals surface area (Å²) < 4.78 is 10.5. The first-order chi connectivity index (χ1) is 12.0. The Morgan fingerprint density at radius 3 is 2.04 bits per heavy atom. The summed E-state index contributed by atoms with van der Waals surface area (Å²) >= 11 is 6.11. The van der Waals surface area contributed by atoms with Crippen LogP contribution in [0.3, 0.4) is 0 Å². The highest BCUT2D eigenvalue weighted by atomic mass is 35.5. The lowest BCUT2D eigenvalue weighted by Crippen LogP contribution is -2.48. The molecule has 0 aliphatic rings. The Balaban J connectivity index is 2.63. The number of halogens is 1. The molecule has 2 aromatic carbocycles. The number of esters is 2. The van der Waals surface area contributed by atoms with Crippen LogP contribution in [-0.4, -0.2) is 25.2 Å². The summed E-state index contributed by atoms with van der Waals surface area (Å²) in [6.07, 6.45) is 0.131. The molecule has 0 aromatic heterocycles. The van der Waals surface area contributed by atoms with E-state index in [4.69, 9.17) is 21.1 Å². The zero-order chi connectivity index (χ0) is 18.3. The molecule has 0 aliphatic carbocycles. The first kappa shape index (κ1) is 19.0. The molecular formula is C20H21ClO4. The largest absolute Gasteiger partial charge is 0.465 e. The monoisotopic (exact) mass is 360 g/mol. The van der Waals surface area contributed by atoms with Crippen LogP contribution >= 0.6 is 11.6 Å². The first-order valence-electron chi connectivity index (χ1n) is 8.19. The molecule has 0 saturated heterocycles. The molecule has 5 heteroatoms. The lowest BCUT2D eigenvalue weighted by molar-refractivity contribution is -0.164. The zero-order valence-electron chi connectivity index (χ0n) is 14.3. The summed E-state index contributed by atoms with van der Waals surface area (Å²) in [6.45, 7) is 3.73. The minimum atomic E-state index is -1.60. The summed E-state index contributed by atoms with van der Waals surface area (Å²) in [5.74, 6) is -1.28. The van der Waals surface area contributed by atoms with Crippen molar-refractivity contribution in [1.82, 2.24) is 0 Å². The third-order valence-electron chi connectivity index (χ3n) is 3.88. The van der Waals surface area contributed by atoms with Crippen molar-refractivity contribution in [1.29, 1.82) is 0 Å². The fourth-order valence-corrected chi connectivity index (χ4v) is 2.92. The van der Waals surface area contributed by atoms with Gasteiger partial charge in [-0.2, -0.15) is 0 Å². The van der Waals surface area contributed by atoms with Gasteiger partial charge in [-0.3, -0.25) is 9.59 Å². The van der Waals surface area contributed by atoms with Gasteiger partial charge in [0.25, 0.3) is 0 Å². The summed E-state index contributed by atoms with van der Waals surface area (Å²) in [5.41, 5.74) is -0.317. The third kappa shape index (κ3) is 4.20. The molecule has 0 atom stereocenters. The van der Waals surface area contributed by atoms with Crippen molar-refractivity contribution in [2.45, 2.75) is 25.7 Å². The number of hydrogen-bond donors (Lipinski definition) is 0. The second kappa shape index (κ2) is 8.67. The molecule has 4 nitrogen and oxygen atoms in total. The predicted octanol–water partition coefficient (Wildman–Crippen LogP) is 3.95. The van der Waals surface area contributed by atoms with Crippen molar-refractivity contribution in [3.8, 4) is 0 Å². The van der Waals surface area contributed by atoms with Crippen LogP contribution in [0.15, 0.2) is 54.6 Å². The number of carbonyl (C=O) groups excluding carboxylic acids is 2. The van der Waals surface area contributed by atoms with Crippen molar-refractivity contribution in [2.24, 2.45) is 0 Å². The molecule has 0 bridgehead atoms. The van der Waals surface area contributed by atoms with Crippen molar-refractivity contribution >= 4 is 23.5 Å². The topological polar surface area (TPSA) is 52.6 Å². The number of carbonyl (C=O) groups is 2. The normalized spacial score (nSPS) is 11.0. The first-order valence-corrected chi connectivity index (χ1v) is 8.56. The average Bonchev–Trinajstić information content (AvgIpc) is 2.61. The van der Waals surface area contributed by atoms with Crippen LogP contribution < -0.4 is 0 Å². The molecule has 0 N–H and O–H groups in total. The molecule has 2 aromatic rings. The maximum Gasteiger partial charge on any atom is 0.328 e. The Labute approximate surface area is 152 Å². The van der Waals surface area contributed by atoms with E-state index >= 15 is 0 Å². The van der Waals surface area contributed by atoms with Gasteiger partial charge in [-0.25, -0.2) is 0 Å². The van der Waals surface area contributed by atoms with E-state index < -0.39 is 17.4 Å². The molecule has 0 aliphatic heterocycles. The SMILES string of the molecule is CCOC(=O)C(Cc1ccccc1)(C(=O)OCC)c1cccc(Cl)c1. The van der Waals surface area contributed by atoms with E-state index in [1.165, 1.54) is 0 Å². The van der Waals surface area contributed by atoms with Gasteiger partial charge >= 0.3 is 11.9 Å². The number of benzene rings is 2. The highest BCUT2D eigenvalue weighted by molar-refractivity contribution is 6.30. The van der Waals surface area contributed by atoms with Crippen LogP contribution in [0, 0.1) is 0 Å². The molecule has 0 unspecified atom stereocenters. The lowest BCUT2D eigenvalue weighted by Gasteiger charge is -2.30. The van der Waals surface area contributed by atoms with Gasteiger partial charge in [0.05, 0.1) is 13.2 Å². The summed E-state index contributed by atoms with van der Waals surface area (Å²) in [4.78, 5) is 25.9. The molecule has 132 valence electrons. The van der Waals surface area contributed by atoms with Gasteiger partial charge < -0.3 is 9.47 Å². The van der Waals surface area contributed by atoms with Gasteiger partial charge in [0.15, 0.2) is 5.41 Å². The Kier molecular flexibility index (Phi) is 6.59. The smallest absolute Gasteiger partial charge is 0.328 e. The van der Waals surface area contributed by atoms with Gasteiger partial charge in [-0.1, -0.05) is 54.1 Å². The summed E-state index contributed by atoms with van der Waals surface area (Å²) in [7, 11) is 0. The van der Waals surface area contributed by atoms with Crippen LogP contribution in [0.5, 0.6) is 0 Å². The molecule has 25 heavy (non-hydrogen) atoms. The van der Waals surface area contributed by atoms with Gasteiger partial charge in [0, 0.05) is 11.4 Å². The van der Waals surface area contributed by atoms with Gasteiger partial charge in [0.2, 0.25) is 0 Å². The fraction of sp³-hybridized carbons (Fsp3) is 0.300. The standard InChI is InChI=1S/C20H21ClO4/c1-3-24-18(22)20(19(23)25-4-2,14-15-9-6-5-7-10-15)16-11-8-12-17(21)13-16/h5-13H,3-4,14H2,1-2H3. The summed E-state index contributed by atoms with van der Waals surface area (Å²) in [6, 6.07) is 16.0. The van der Waals surface area contributed by atoms with Crippen LogP contribution in [0.4, 0.5) is 0 Å². The van der Waals surface area contributed by atoms with Gasteiger partial charge in [0.1, 0.15) is 0 Å². The minimum Gasteiger partial charge on any atom is -0.465 e. The minimum absolute atomic E-state index is 0.131. The van der Waals surface area contributed by atoms with E-state index in [1.54, 1.807) is 38.1 Å². The van der Waals surface area contributed by atoms with Crippen molar-refractivity contribution in [3.05, 3.63) is 70.7 Å². The molecule has 0 amide bonds. The molecule has 0 heterocycles. The van der Waals surface area contributed by atoms with Gasteiger partial charge in [-0.05, 0) is 37.1 Å². The van der Waals surface area contributed by atoms with Crippen LogP contribution in [0.2, 0.25) is 5.02 Å². The molecule has 0 saturated carbocycles. The van der Waals surface area contributed by atoms with E-state index in [0.29, 0.717) is 10.6 Å². The van der Waals surface area contributed by atoms with E-state index in [9.17, 15) is 9.59 Å². The van der Waals surface area contributed by atoms with E-state index in [0.717, 1.165) is 5.56 Å². The molecule has 0 spiro atoms. The van der Waals surface area contributed by atoms with Gasteiger partial charge in [-0.15, -0.1) is 0 Å². The van der Waals surface area contributed by atoms with E-state index in [-0.39, 0.29) is 19.6 Å². The Hall–Kier alpha value is -2.33. The Morgan fingerprint density at radius 2 is 1.52 bits per heavy atom. The third-order valence-corrected chi connectivity index (χ3v) is 4.11. The lowest BCUT2D eigenvalue weighted by atomic mass is 9.75. The second-order valence-electron chi connectivity index (χ2n) is 5.52. The van der Waals surface area contributed by atoms with E-state index in [2.05, 4.69) is 0 Å². The molecular weight excluding hydrogens is 340 g/mol. The highest BCUT2D eigenvalue weighted by Crippen LogP contribution is 2.33. The highest BCUT2D eigenvalue weighted by Gasteiger charge is 2.50. The second-order valence-corrected chi connectivity index (χ2v) is 5.96. The van der Waals surface area contributed by atoms with Crippen molar-refractivity contribution in [3.63, 3.8) is 0 Å². The Bertz CT molecular complexity index is 709. The van der Waals surface area contributed by atoms with Crippen LogP contribution in [-0.2, 0) is 30.9 Å². The van der Waals surface area contributed by atoms with Crippen molar-refractivity contribution < 1.29 is 19.1 Å². The average molecular weight is 361 g/mol. The maximum atomic E-state index is 12.9. The van der Waals surface area contributed by atoms with E-state index in [1.807, 2.05) is 30.3 Å². The molecule has 0 fully saturated rings. The maximum absolute atomic E-state index is 12.9. The van der Waals surface area contributed by atoms with Crippen molar-refractivity contribution in [2.75, 3.05) is 13.2 Å². The molecule has 2 rings (SSSR count). The fourth-order valence-electron chi connectivity index (χ4n) is 2.73. The Morgan fingerprint density at radius 1 is 0.920 bits per heavy atom. The van der Waals surface area contributed by atoms with Crippen LogP contribution in [0.25, 0.3) is 0 Å². The van der Waals surface area contributed by atoms with Crippen LogP contribution in [0.1, 0.15) is 25.0 Å². The predicted molar refractivity (Wildman–Crippen MR) is 96.5 cm³/mol. The zero-order valence-corrected chi connectivity index (χ0v) is 15.1. The number of hydrogen-bond acceptors (Lipinski definition) is 4. The molecule has 0 radical (unpaired) electrons. The number of rotatable bonds is 7. The number of ether oxygens (including phenoxy) is 2.